The summed E-state index contributed by atoms with van der Waals surface area (Å²) in [5.41, 5.74) is 0.860. The van der Waals surface area contributed by atoms with Crippen LogP contribution >= 0.6 is 11.3 Å². The second-order valence-corrected chi connectivity index (χ2v) is 6.45. The maximum Gasteiger partial charge on any atom is 0.195 e. The number of fused-ring (bicyclic) bond motifs is 1. The van der Waals surface area contributed by atoms with Gasteiger partial charge < -0.3 is 14.8 Å². The summed E-state index contributed by atoms with van der Waals surface area (Å²) in [5, 5.41) is 3.78. The standard InChI is InChI=1S/C17H16N2O4S/c1-9-7-18-17(24-9)19-8-10-6-11(20)14-12(22-2)4-5-13(23-3)15(14)16(10)21/h4-7H,8H2,1-3H3,(H,18,19). The van der Waals surface area contributed by atoms with Crippen molar-refractivity contribution < 1.29 is 19.1 Å². The summed E-state index contributed by atoms with van der Waals surface area (Å²) in [7, 11) is 2.93. The number of hydrogen-bond donors (Lipinski definition) is 1. The number of carbonyl (C=O) groups is 2. The average molecular weight is 344 g/mol. The smallest absolute Gasteiger partial charge is 0.195 e. The van der Waals surface area contributed by atoms with Gasteiger partial charge in [-0.3, -0.25) is 9.59 Å². The van der Waals surface area contributed by atoms with E-state index in [9.17, 15) is 9.59 Å². The summed E-state index contributed by atoms with van der Waals surface area (Å²) < 4.78 is 10.5. The Morgan fingerprint density at radius 2 is 1.79 bits per heavy atom. The maximum atomic E-state index is 12.8. The molecule has 0 saturated carbocycles. The number of aryl methyl sites for hydroxylation is 1. The van der Waals surface area contributed by atoms with Crippen LogP contribution in [0.1, 0.15) is 25.6 Å². The van der Waals surface area contributed by atoms with E-state index in [0.29, 0.717) is 22.2 Å². The first kappa shape index (κ1) is 16.2. The van der Waals surface area contributed by atoms with E-state index < -0.39 is 0 Å². The van der Waals surface area contributed by atoms with Crippen molar-refractivity contribution >= 4 is 28.0 Å². The number of rotatable bonds is 5. The van der Waals surface area contributed by atoms with Crippen molar-refractivity contribution in [1.29, 1.82) is 0 Å². The molecular weight excluding hydrogens is 328 g/mol. The number of Topliss-reactive ketones (excluding diaryl/α,β-unsaturated/α-hetero) is 1. The van der Waals surface area contributed by atoms with Crippen LogP contribution in [0.3, 0.4) is 0 Å². The van der Waals surface area contributed by atoms with Gasteiger partial charge in [0.05, 0.1) is 25.3 Å². The Hall–Kier alpha value is -2.67. The van der Waals surface area contributed by atoms with Gasteiger partial charge in [-0.05, 0) is 25.1 Å². The van der Waals surface area contributed by atoms with E-state index in [-0.39, 0.29) is 29.2 Å². The molecule has 0 amide bonds. The van der Waals surface area contributed by atoms with Crippen LogP contribution in [-0.2, 0) is 0 Å². The molecule has 124 valence electrons. The summed E-state index contributed by atoms with van der Waals surface area (Å²) in [6.07, 6.45) is 3.10. The molecule has 0 bridgehead atoms. The highest BCUT2D eigenvalue weighted by molar-refractivity contribution is 7.15. The third-order valence-corrected chi connectivity index (χ3v) is 4.56. The molecule has 3 rings (SSSR count). The van der Waals surface area contributed by atoms with Gasteiger partial charge in [-0.25, -0.2) is 4.98 Å². The number of ketones is 2. The zero-order valence-electron chi connectivity index (χ0n) is 13.5. The fourth-order valence-corrected chi connectivity index (χ4v) is 3.23. The predicted octanol–water partition coefficient (Wildman–Crippen LogP) is 2.89. The molecule has 1 N–H and O–H groups in total. The number of ether oxygens (including phenoxy) is 2. The molecule has 1 aliphatic rings. The summed E-state index contributed by atoms with van der Waals surface area (Å²) in [5.74, 6) is 0.205. The van der Waals surface area contributed by atoms with Gasteiger partial charge in [0.15, 0.2) is 16.7 Å². The fraction of sp³-hybridized carbons (Fsp3) is 0.235. The van der Waals surface area contributed by atoms with Crippen LogP contribution in [0, 0.1) is 6.92 Å². The Balaban J connectivity index is 1.94. The lowest BCUT2D eigenvalue weighted by atomic mass is 9.88. The number of anilines is 1. The SMILES string of the molecule is COc1ccc(OC)c2c1C(=O)C=C(CNc1ncc(C)s1)C2=O. The average Bonchev–Trinajstić information content (AvgIpc) is 3.00. The molecule has 1 aliphatic carbocycles. The molecule has 0 aliphatic heterocycles. The topological polar surface area (TPSA) is 77.5 Å². The molecule has 0 spiro atoms. The van der Waals surface area contributed by atoms with E-state index in [2.05, 4.69) is 10.3 Å². The number of allylic oxidation sites excluding steroid dienone is 1. The monoisotopic (exact) mass is 344 g/mol. The Morgan fingerprint density at radius 1 is 1.12 bits per heavy atom. The van der Waals surface area contributed by atoms with Crippen molar-refractivity contribution in [2.24, 2.45) is 0 Å². The summed E-state index contributed by atoms with van der Waals surface area (Å²) in [4.78, 5) is 30.6. The number of methoxy groups -OCH3 is 2. The van der Waals surface area contributed by atoms with Crippen molar-refractivity contribution in [2.75, 3.05) is 26.1 Å². The number of thiazole rings is 1. The number of nitrogens with zero attached hydrogens (tertiary/aromatic N) is 1. The predicted molar refractivity (Wildman–Crippen MR) is 91.6 cm³/mol. The third kappa shape index (κ3) is 2.78. The molecule has 0 radical (unpaired) electrons. The fourth-order valence-electron chi connectivity index (χ4n) is 2.57. The third-order valence-electron chi connectivity index (χ3n) is 3.69. The lowest BCUT2D eigenvalue weighted by Gasteiger charge is -2.20. The zero-order chi connectivity index (χ0) is 17.3. The van der Waals surface area contributed by atoms with E-state index in [0.717, 1.165) is 4.88 Å². The molecule has 1 aromatic heterocycles. The number of aromatic nitrogens is 1. The summed E-state index contributed by atoms with van der Waals surface area (Å²) in [6.45, 7) is 2.17. The van der Waals surface area contributed by atoms with Crippen LogP contribution in [0.2, 0.25) is 0 Å². The summed E-state index contributed by atoms with van der Waals surface area (Å²) >= 11 is 1.49. The van der Waals surface area contributed by atoms with Gasteiger partial charge in [0.2, 0.25) is 0 Å². The highest BCUT2D eigenvalue weighted by Gasteiger charge is 2.31. The van der Waals surface area contributed by atoms with Crippen molar-refractivity contribution in [3.05, 3.63) is 46.0 Å². The molecule has 1 heterocycles. The minimum Gasteiger partial charge on any atom is -0.496 e. The molecule has 0 atom stereocenters. The highest BCUT2D eigenvalue weighted by atomic mass is 32.1. The second kappa shape index (κ2) is 6.45. The van der Waals surface area contributed by atoms with E-state index >= 15 is 0 Å². The Morgan fingerprint density at radius 3 is 2.38 bits per heavy atom. The van der Waals surface area contributed by atoms with Crippen LogP contribution in [0.4, 0.5) is 5.13 Å². The molecule has 2 aromatic rings. The zero-order valence-corrected chi connectivity index (χ0v) is 14.3. The molecule has 0 unspecified atom stereocenters. The molecule has 0 fully saturated rings. The van der Waals surface area contributed by atoms with Gasteiger partial charge in [0, 0.05) is 23.2 Å². The van der Waals surface area contributed by atoms with Crippen molar-refractivity contribution in [1.82, 2.24) is 4.98 Å². The first-order valence-electron chi connectivity index (χ1n) is 7.26. The van der Waals surface area contributed by atoms with E-state index in [4.69, 9.17) is 9.47 Å². The quantitative estimate of drug-likeness (QED) is 0.899. The molecule has 24 heavy (non-hydrogen) atoms. The van der Waals surface area contributed by atoms with Gasteiger partial charge in [-0.15, -0.1) is 11.3 Å². The normalized spacial score (nSPS) is 13.4. The number of nitrogens with one attached hydrogen (secondary N) is 1. The molecule has 0 saturated heterocycles. The van der Waals surface area contributed by atoms with E-state index in [1.807, 2.05) is 6.92 Å². The van der Waals surface area contributed by atoms with Crippen LogP contribution in [0.25, 0.3) is 0 Å². The Kier molecular flexibility index (Phi) is 4.35. The molecule has 6 nitrogen and oxygen atoms in total. The van der Waals surface area contributed by atoms with Crippen molar-refractivity contribution in [3.8, 4) is 11.5 Å². The summed E-state index contributed by atoms with van der Waals surface area (Å²) in [6, 6.07) is 3.25. The molecular formula is C17H16N2O4S. The number of carbonyl (C=O) groups excluding carboxylic acids is 2. The number of benzene rings is 1. The van der Waals surface area contributed by atoms with Gasteiger partial charge in [0.1, 0.15) is 11.5 Å². The van der Waals surface area contributed by atoms with E-state index in [1.54, 1.807) is 18.3 Å². The van der Waals surface area contributed by atoms with E-state index in [1.165, 1.54) is 31.6 Å². The minimum absolute atomic E-state index is 0.220. The van der Waals surface area contributed by atoms with Crippen LogP contribution in [0.15, 0.2) is 30.0 Å². The molecule has 1 aromatic carbocycles. The lowest BCUT2D eigenvalue weighted by Crippen LogP contribution is -2.23. The lowest BCUT2D eigenvalue weighted by molar-refractivity contribution is 0.0978. The van der Waals surface area contributed by atoms with Gasteiger partial charge in [0.25, 0.3) is 0 Å². The van der Waals surface area contributed by atoms with Crippen molar-refractivity contribution in [2.45, 2.75) is 6.92 Å². The van der Waals surface area contributed by atoms with Gasteiger partial charge in [-0.2, -0.15) is 0 Å². The second-order valence-electron chi connectivity index (χ2n) is 5.21. The minimum atomic E-state index is -0.271. The van der Waals surface area contributed by atoms with Crippen molar-refractivity contribution in [3.63, 3.8) is 0 Å². The number of hydrogen-bond acceptors (Lipinski definition) is 7. The Labute approximate surface area is 143 Å². The van der Waals surface area contributed by atoms with Crippen LogP contribution in [-0.4, -0.2) is 37.3 Å². The first-order chi connectivity index (χ1) is 11.5. The highest BCUT2D eigenvalue weighted by Crippen LogP contribution is 2.35. The Bertz CT molecular complexity index is 854. The van der Waals surface area contributed by atoms with Gasteiger partial charge in [-0.1, -0.05) is 0 Å². The van der Waals surface area contributed by atoms with Crippen LogP contribution < -0.4 is 14.8 Å². The maximum absolute atomic E-state index is 12.8. The first-order valence-corrected chi connectivity index (χ1v) is 8.07. The molecule has 7 heteroatoms. The largest absolute Gasteiger partial charge is 0.496 e. The van der Waals surface area contributed by atoms with Gasteiger partial charge >= 0.3 is 0 Å². The van der Waals surface area contributed by atoms with Crippen LogP contribution in [0.5, 0.6) is 11.5 Å².